The van der Waals surface area contributed by atoms with Crippen molar-refractivity contribution in [3.63, 3.8) is 0 Å². The van der Waals surface area contributed by atoms with E-state index in [1.165, 1.54) is 24.8 Å². The van der Waals surface area contributed by atoms with Gasteiger partial charge in [-0.2, -0.15) is 0 Å². The first-order valence-corrected chi connectivity index (χ1v) is 10.9. The fourth-order valence-electron chi connectivity index (χ4n) is 5.19. The maximum Gasteiger partial charge on any atom is 0.336 e. The van der Waals surface area contributed by atoms with Crippen molar-refractivity contribution in [1.29, 1.82) is 0 Å². The number of nitrogens with zero attached hydrogens (tertiary/aromatic N) is 1. The van der Waals surface area contributed by atoms with E-state index in [-0.39, 0.29) is 5.60 Å². The monoisotopic (exact) mass is 463 g/mol. The number of piperidine rings is 1. The molecule has 1 aliphatic carbocycles. The summed E-state index contributed by atoms with van der Waals surface area (Å²) in [5.41, 5.74) is -1.44. The van der Waals surface area contributed by atoms with Crippen molar-refractivity contribution in [3.8, 4) is 0 Å². The van der Waals surface area contributed by atoms with Crippen molar-refractivity contribution in [1.82, 2.24) is 4.90 Å². The fraction of sp³-hybridized carbons (Fsp3) is 0.542. The maximum absolute atomic E-state index is 10.3. The predicted octanol–water partition coefficient (Wildman–Crippen LogP) is 2.20. The molecule has 9 heteroatoms. The van der Waals surface area contributed by atoms with Crippen LogP contribution >= 0.6 is 0 Å². The second kappa shape index (κ2) is 11.4. The van der Waals surface area contributed by atoms with E-state index in [0.717, 1.165) is 19.6 Å². The van der Waals surface area contributed by atoms with E-state index in [2.05, 4.69) is 41.8 Å². The van der Waals surface area contributed by atoms with Gasteiger partial charge < -0.3 is 25.2 Å². The van der Waals surface area contributed by atoms with E-state index >= 15 is 0 Å². The Hall–Kier alpha value is -2.75. The quantitative estimate of drug-likeness (QED) is 0.405. The van der Waals surface area contributed by atoms with Crippen molar-refractivity contribution in [2.75, 3.05) is 26.7 Å². The van der Waals surface area contributed by atoms with Crippen molar-refractivity contribution >= 4 is 17.9 Å². The number of carboxylic acids is 3. The highest BCUT2D eigenvalue weighted by molar-refractivity contribution is 5.88. The lowest BCUT2D eigenvalue weighted by molar-refractivity contribution is -0.170. The molecule has 1 saturated carbocycles. The highest BCUT2D eigenvalue weighted by atomic mass is 16.5. The summed E-state index contributed by atoms with van der Waals surface area (Å²) < 4.78 is 6.21. The van der Waals surface area contributed by atoms with E-state index in [4.69, 9.17) is 25.2 Å². The summed E-state index contributed by atoms with van der Waals surface area (Å²) in [6.07, 6.45) is 3.62. The number of ether oxygens (including phenoxy) is 1. The van der Waals surface area contributed by atoms with Gasteiger partial charge in [0, 0.05) is 38.6 Å². The second-order valence-electron chi connectivity index (χ2n) is 8.67. The minimum absolute atomic E-state index is 0.0722. The lowest BCUT2D eigenvalue weighted by Gasteiger charge is -2.55. The van der Waals surface area contributed by atoms with Crippen molar-refractivity contribution in [2.24, 2.45) is 11.8 Å². The number of fused-ring (bicyclic) bond motifs is 2. The second-order valence-corrected chi connectivity index (χ2v) is 8.67. The van der Waals surface area contributed by atoms with Gasteiger partial charge in [-0.25, -0.2) is 4.79 Å². The maximum atomic E-state index is 10.3. The molecule has 1 heterocycles. The molecule has 2 atom stereocenters. The van der Waals surface area contributed by atoms with Gasteiger partial charge in [-0.05, 0) is 18.4 Å². The third-order valence-corrected chi connectivity index (χ3v) is 6.51. The smallest absolute Gasteiger partial charge is 0.336 e. The number of aliphatic hydroxyl groups is 1. The summed E-state index contributed by atoms with van der Waals surface area (Å²) in [6, 6.07) is 10.9. The van der Waals surface area contributed by atoms with Crippen LogP contribution in [0.25, 0.3) is 0 Å². The van der Waals surface area contributed by atoms with Crippen molar-refractivity contribution < 1.29 is 39.5 Å². The van der Waals surface area contributed by atoms with Gasteiger partial charge in [-0.15, -0.1) is 6.58 Å². The highest BCUT2D eigenvalue weighted by Crippen LogP contribution is 2.51. The van der Waals surface area contributed by atoms with Crippen LogP contribution < -0.4 is 0 Å². The molecule has 0 aromatic heterocycles. The van der Waals surface area contributed by atoms with Gasteiger partial charge in [0.1, 0.15) is 5.60 Å². The van der Waals surface area contributed by atoms with Crippen LogP contribution in [0.3, 0.4) is 0 Å². The Bertz CT molecular complexity index is 810. The van der Waals surface area contributed by atoms with Gasteiger partial charge in [0.2, 0.25) is 0 Å². The van der Waals surface area contributed by atoms with E-state index in [9.17, 15) is 14.4 Å². The number of methoxy groups -OCH3 is 1. The summed E-state index contributed by atoms with van der Waals surface area (Å²) >= 11 is 0. The molecule has 1 aromatic carbocycles. The summed E-state index contributed by atoms with van der Waals surface area (Å²) in [7, 11) is 1.90. The van der Waals surface area contributed by atoms with Gasteiger partial charge in [-0.3, -0.25) is 14.5 Å². The van der Waals surface area contributed by atoms with Gasteiger partial charge in [0.25, 0.3) is 0 Å². The van der Waals surface area contributed by atoms with Crippen molar-refractivity contribution in [2.45, 2.75) is 43.3 Å². The van der Waals surface area contributed by atoms with E-state index < -0.39 is 36.4 Å². The SMILES string of the molecule is C=CCN1CC2CCCC(C1)C2(OC)c1ccccc1.O=C(O)CC(O)(CC(=O)O)C(=O)O. The topological polar surface area (TPSA) is 145 Å². The minimum Gasteiger partial charge on any atom is -0.481 e. The number of benzene rings is 1. The third kappa shape index (κ3) is 6.19. The third-order valence-electron chi connectivity index (χ3n) is 6.51. The Balaban J connectivity index is 0.000000260. The first kappa shape index (κ1) is 26.5. The zero-order valence-electron chi connectivity index (χ0n) is 18.9. The van der Waals surface area contributed by atoms with E-state index in [0.29, 0.717) is 11.8 Å². The van der Waals surface area contributed by atoms with Gasteiger partial charge in [-0.1, -0.05) is 42.8 Å². The molecule has 2 bridgehead atoms. The number of aliphatic carboxylic acids is 3. The van der Waals surface area contributed by atoms with Crippen LogP contribution in [0, 0.1) is 11.8 Å². The summed E-state index contributed by atoms with van der Waals surface area (Å²) in [6.45, 7) is 7.15. The molecular formula is C24H33NO8. The zero-order valence-corrected chi connectivity index (χ0v) is 18.9. The molecule has 182 valence electrons. The Morgan fingerprint density at radius 2 is 1.61 bits per heavy atom. The molecule has 1 aliphatic heterocycles. The fourth-order valence-corrected chi connectivity index (χ4v) is 5.19. The first-order valence-electron chi connectivity index (χ1n) is 10.9. The van der Waals surface area contributed by atoms with Crippen LogP contribution in [0.5, 0.6) is 0 Å². The summed E-state index contributed by atoms with van der Waals surface area (Å²) in [4.78, 5) is 33.0. The van der Waals surface area contributed by atoms with Crippen LogP contribution in [-0.4, -0.2) is 75.6 Å². The van der Waals surface area contributed by atoms with Crippen LogP contribution in [0.4, 0.5) is 0 Å². The molecule has 0 radical (unpaired) electrons. The molecule has 1 aromatic rings. The van der Waals surface area contributed by atoms with Crippen LogP contribution in [0.15, 0.2) is 43.0 Å². The first-order chi connectivity index (χ1) is 15.6. The average molecular weight is 464 g/mol. The van der Waals surface area contributed by atoms with Crippen LogP contribution in [0.2, 0.25) is 0 Å². The highest BCUT2D eigenvalue weighted by Gasteiger charge is 2.52. The summed E-state index contributed by atoms with van der Waals surface area (Å²) in [5.74, 6) is -3.82. The van der Waals surface area contributed by atoms with E-state index in [1.54, 1.807) is 0 Å². The molecule has 3 rings (SSSR count). The number of carbonyl (C=O) groups is 3. The number of hydrogen-bond acceptors (Lipinski definition) is 6. The Labute approximate surface area is 193 Å². The molecule has 0 spiro atoms. The molecule has 4 N–H and O–H groups in total. The number of rotatable bonds is 9. The lowest BCUT2D eigenvalue weighted by atomic mass is 9.62. The van der Waals surface area contributed by atoms with Gasteiger partial charge in [0.15, 0.2) is 5.60 Å². The van der Waals surface area contributed by atoms with E-state index in [1.807, 2.05) is 13.2 Å². The van der Waals surface area contributed by atoms with Gasteiger partial charge >= 0.3 is 17.9 Å². The Kier molecular flexibility index (Phi) is 9.16. The normalized spacial score (nSPS) is 24.8. The van der Waals surface area contributed by atoms with Crippen molar-refractivity contribution in [3.05, 3.63) is 48.6 Å². The molecule has 9 nitrogen and oxygen atoms in total. The lowest BCUT2D eigenvalue weighted by Crippen LogP contribution is -2.59. The van der Waals surface area contributed by atoms with Gasteiger partial charge in [0.05, 0.1) is 12.8 Å². The Morgan fingerprint density at radius 3 is 2.00 bits per heavy atom. The number of carboxylic acid groups (broad SMARTS) is 3. The number of hydrogen-bond donors (Lipinski definition) is 4. The molecule has 0 amide bonds. The summed E-state index contributed by atoms with van der Waals surface area (Å²) in [5, 5.41) is 33.8. The predicted molar refractivity (Wildman–Crippen MR) is 120 cm³/mol. The molecule has 33 heavy (non-hydrogen) atoms. The van der Waals surface area contributed by atoms with Crippen LogP contribution in [0.1, 0.15) is 37.7 Å². The Morgan fingerprint density at radius 1 is 1.09 bits per heavy atom. The zero-order chi connectivity index (χ0) is 24.6. The molecule has 1 saturated heterocycles. The molecular weight excluding hydrogens is 430 g/mol. The molecule has 2 aliphatic rings. The number of likely N-dealkylation sites (tertiary alicyclic amines) is 1. The minimum atomic E-state index is -2.74. The molecule has 2 fully saturated rings. The molecule has 2 unspecified atom stereocenters. The average Bonchev–Trinajstić information content (AvgIpc) is 2.73. The standard InChI is InChI=1S/C18H25NO.C6H8O7/c1-3-12-19-13-16-10-7-11-17(14-19)18(16,20-2)15-8-5-4-6-9-15;7-3(8)1-6(13,5(11)12)2-4(9)10/h3-6,8-9,16-17H,1,7,10-14H2,2H3;13H,1-2H2,(H,7,8)(H,9,10)(H,11,12). The van der Waals surface area contributed by atoms with Crippen LogP contribution in [-0.2, 0) is 24.7 Å². The largest absolute Gasteiger partial charge is 0.481 e.